The monoisotopic (exact) mass is 378 g/mol. The fraction of sp³-hybridized carbons (Fsp3) is 0.0952. The Morgan fingerprint density at radius 2 is 1.96 bits per heavy atom. The van der Waals surface area contributed by atoms with Gasteiger partial charge in [0, 0.05) is 12.1 Å². The molecule has 2 aromatic carbocycles. The van der Waals surface area contributed by atoms with Gasteiger partial charge in [-0.2, -0.15) is 0 Å². The van der Waals surface area contributed by atoms with Crippen molar-refractivity contribution >= 4 is 35.2 Å². The molecule has 1 fully saturated rings. The summed E-state index contributed by atoms with van der Waals surface area (Å²) in [6.07, 6.45) is 3.12. The topological polar surface area (TPSA) is 58.6 Å². The van der Waals surface area contributed by atoms with Crippen molar-refractivity contribution in [3.05, 3.63) is 72.3 Å². The van der Waals surface area contributed by atoms with E-state index in [-0.39, 0.29) is 17.2 Å². The number of carbonyl (C=O) groups excluding carboxylic acids is 2. The van der Waals surface area contributed by atoms with Gasteiger partial charge >= 0.3 is 0 Å². The maximum atomic E-state index is 12.6. The Hall–Kier alpha value is -3.25. The average molecular weight is 378 g/mol. The van der Waals surface area contributed by atoms with Gasteiger partial charge in [-0.25, -0.2) is 0 Å². The number of nitrogens with zero attached hydrogens (tertiary/aromatic N) is 1. The van der Waals surface area contributed by atoms with Crippen LogP contribution in [-0.2, 0) is 9.59 Å². The van der Waals surface area contributed by atoms with Crippen LogP contribution in [0.5, 0.6) is 5.75 Å². The first-order valence-corrected chi connectivity index (χ1v) is 8.69. The molecule has 0 bridgehead atoms. The molecular formula is C21H18N2O3S. The van der Waals surface area contributed by atoms with Gasteiger partial charge in [0.05, 0.1) is 7.11 Å². The second-order valence-corrected chi connectivity index (χ2v) is 6.23. The molecule has 3 rings (SSSR count). The van der Waals surface area contributed by atoms with E-state index in [0.29, 0.717) is 0 Å². The summed E-state index contributed by atoms with van der Waals surface area (Å²) in [6, 6.07) is 15.2. The SMILES string of the molecule is C=CCN1C(=O)/C(=C/c2cccc(-c3ccccc3OC)c2)C(=O)NC1=S. The Balaban J connectivity index is 1.99. The predicted octanol–water partition coefficient (Wildman–Crippen LogP) is 3.17. The van der Waals surface area contributed by atoms with Crippen molar-refractivity contribution in [3.63, 3.8) is 0 Å². The lowest BCUT2D eigenvalue weighted by Crippen LogP contribution is -2.53. The lowest BCUT2D eigenvalue weighted by Gasteiger charge is -2.27. The third-order valence-electron chi connectivity index (χ3n) is 4.11. The fourth-order valence-electron chi connectivity index (χ4n) is 2.83. The summed E-state index contributed by atoms with van der Waals surface area (Å²) in [6.45, 7) is 3.85. The minimum Gasteiger partial charge on any atom is -0.496 e. The molecule has 27 heavy (non-hydrogen) atoms. The smallest absolute Gasteiger partial charge is 0.265 e. The number of ether oxygens (including phenoxy) is 1. The Morgan fingerprint density at radius 3 is 2.70 bits per heavy atom. The van der Waals surface area contributed by atoms with E-state index in [2.05, 4.69) is 11.9 Å². The molecule has 1 saturated heterocycles. The highest BCUT2D eigenvalue weighted by molar-refractivity contribution is 7.80. The first-order valence-electron chi connectivity index (χ1n) is 8.28. The van der Waals surface area contributed by atoms with Crippen LogP contribution in [0.25, 0.3) is 17.2 Å². The van der Waals surface area contributed by atoms with Gasteiger partial charge < -0.3 is 4.74 Å². The van der Waals surface area contributed by atoms with Crippen molar-refractivity contribution in [3.8, 4) is 16.9 Å². The van der Waals surface area contributed by atoms with Gasteiger partial charge in [-0.1, -0.05) is 42.5 Å². The number of carbonyl (C=O) groups is 2. The van der Waals surface area contributed by atoms with Crippen molar-refractivity contribution in [1.29, 1.82) is 0 Å². The van der Waals surface area contributed by atoms with Crippen LogP contribution in [-0.4, -0.2) is 35.5 Å². The van der Waals surface area contributed by atoms with Gasteiger partial charge in [-0.3, -0.25) is 19.8 Å². The average Bonchev–Trinajstić information content (AvgIpc) is 2.68. The summed E-state index contributed by atoms with van der Waals surface area (Å²) < 4.78 is 5.41. The third-order valence-corrected chi connectivity index (χ3v) is 4.44. The van der Waals surface area contributed by atoms with E-state index >= 15 is 0 Å². The number of benzene rings is 2. The minimum atomic E-state index is -0.506. The number of rotatable bonds is 5. The van der Waals surface area contributed by atoms with Crippen LogP contribution in [0.1, 0.15) is 5.56 Å². The quantitative estimate of drug-likeness (QED) is 0.376. The predicted molar refractivity (Wildman–Crippen MR) is 109 cm³/mol. The number of amides is 2. The van der Waals surface area contributed by atoms with Gasteiger partial charge in [-0.15, -0.1) is 6.58 Å². The second kappa shape index (κ2) is 7.97. The molecule has 136 valence electrons. The molecule has 0 aliphatic carbocycles. The maximum absolute atomic E-state index is 12.6. The van der Waals surface area contributed by atoms with Crippen LogP contribution < -0.4 is 10.1 Å². The number of para-hydroxylation sites is 1. The number of methoxy groups -OCH3 is 1. The second-order valence-electron chi connectivity index (χ2n) is 5.85. The summed E-state index contributed by atoms with van der Waals surface area (Å²) in [4.78, 5) is 26.2. The molecule has 0 aromatic heterocycles. The summed E-state index contributed by atoms with van der Waals surface area (Å²) in [7, 11) is 1.62. The molecule has 2 aromatic rings. The van der Waals surface area contributed by atoms with E-state index in [1.165, 1.54) is 4.90 Å². The molecule has 0 radical (unpaired) electrons. The Labute approximate surface area is 162 Å². The van der Waals surface area contributed by atoms with Crippen molar-refractivity contribution in [2.24, 2.45) is 0 Å². The molecule has 1 aliphatic heterocycles. The third kappa shape index (κ3) is 3.80. The van der Waals surface area contributed by atoms with Gasteiger partial charge in [0.2, 0.25) is 0 Å². The zero-order valence-electron chi connectivity index (χ0n) is 14.8. The van der Waals surface area contributed by atoms with E-state index in [1.54, 1.807) is 19.3 Å². The van der Waals surface area contributed by atoms with E-state index in [1.807, 2.05) is 48.5 Å². The number of nitrogens with one attached hydrogen (secondary N) is 1. The summed E-state index contributed by atoms with van der Waals surface area (Å²) in [5.74, 6) is -0.198. The van der Waals surface area contributed by atoms with Crippen LogP contribution in [0.2, 0.25) is 0 Å². The summed E-state index contributed by atoms with van der Waals surface area (Å²) >= 11 is 5.06. The first-order chi connectivity index (χ1) is 13.0. The molecule has 6 heteroatoms. The van der Waals surface area contributed by atoms with Crippen molar-refractivity contribution in [2.75, 3.05) is 13.7 Å². The molecule has 0 spiro atoms. The fourth-order valence-corrected chi connectivity index (χ4v) is 3.08. The van der Waals surface area contributed by atoms with Crippen molar-refractivity contribution in [2.45, 2.75) is 0 Å². The Morgan fingerprint density at radius 1 is 1.19 bits per heavy atom. The summed E-state index contributed by atoms with van der Waals surface area (Å²) in [5, 5.41) is 2.63. The zero-order valence-corrected chi connectivity index (χ0v) is 15.6. The Kier molecular flexibility index (Phi) is 5.47. The normalized spacial score (nSPS) is 15.7. The number of hydrogen-bond donors (Lipinski definition) is 1. The van der Waals surface area contributed by atoms with E-state index in [4.69, 9.17) is 17.0 Å². The van der Waals surface area contributed by atoms with Crippen molar-refractivity contribution in [1.82, 2.24) is 10.2 Å². The molecule has 5 nitrogen and oxygen atoms in total. The molecule has 0 atom stereocenters. The highest BCUT2D eigenvalue weighted by Crippen LogP contribution is 2.30. The standard InChI is InChI=1S/C21H18N2O3S/c1-3-11-23-20(25)17(19(24)22-21(23)27)13-14-7-6-8-15(12-14)16-9-4-5-10-18(16)26-2/h3-10,12-13H,1,11H2,2H3,(H,22,24,27)/b17-13+. The van der Waals surface area contributed by atoms with Gasteiger partial charge in [0.1, 0.15) is 11.3 Å². The molecule has 2 amide bonds. The Bertz CT molecular complexity index is 965. The maximum Gasteiger partial charge on any atom is 0.265 e. The molecular weight excluding hydrogens is 360 g/mol. The zero-order chi connectivity index (χ0) is 19.4. The summed E-state index contributed by atoms with van der Waals surface area (Å²) in [5.41, 5.74) is 2.60. The minimum absolute atomic E-state index is 0.0302. The molecule has 1 N–H and O–H groups in total. The van der Waals surface area contributed by atoms with Crippen LogP contribution in [0.15, 0.2) is 66.8 Å². The molecule has 0 unspecified atom stereocenters. The highest BCUT2D eigenvalue weighted by Gasteiger charge is 2.32. The molecule has 0 saturated carbocycles. The van der Waals surface area contributed by atoms with E-state index < -0.39 is 11.8 Å². The highest BCUT2D eigenvalue weighted by atomic mass is 32.1. The lowest BCUT2D eigenvalue weighted by atomic mass is 10.0. The van der Waals surface area contributed by atoms with Crippen LogP contribution in [0.4, 0.5) is 0 Å². The van der Waals surface area contributed by atoms with Crippen LogP contribution in [0, 0.1) is 0 Å². The molecule has 1 heterocycles. The first kappa shape index (κ1) is 18.5. The largest absolute Gasteiger partial charge is 0.496 e. The van der Waals surface area contributed by atoms with E-state index in [0.717, 1.165) is 22.4 Å². The van der Waals surface area contributed by atoms with Crippen LogP contribution >= 0.6 is 12.2 Å². The van der Waals surface area contributed by atoms with E-state index in [9.17, 15) is 9.59 Å². The number of thiocarbonyl (C=S) groups is 1. The van der Waals surface area contributed by atoms with Crippen LogP contribution in [0.3, 0.4) is 0 Å². The van der Waals surface area contributed by atoms with Gasteiger partial charge in [0.15, 0.2) is 5.11 Å². The molecule has 1 aliphatic rings. The van der Waals surface area contributed by atoms with Crippen molar-refractivity contribution < 1.29 is 14.3 Å². The van der Waals surface area contributed by atoms with Gasteiger partial charge in [0.25, 0.3) is 11.8 Å². The lowest BCUT2D eigenvalue weighted by molar-refractivity contribution is -0.128. The number of hydrogen-bond acceptors (Lipinski definition) is 4. The van der Waals surface area contributed by atoms with Gasteiger partial charge in [-0.05, 0) is 41.6 Å².